The average molecular weight is 717 g/mol. The van der Waals surface area contributed by atoms with E-state index in [2.05, 4.69) is 34.6 Å². The minimum absolute atomic E-state index is 0.00731. The van der Waals surface area contributed by atoms with Crippen LogP contribution in [0, 0.1) is 0 Å². The number of fused-ring (bicyclic) bond motifs is 1. The molecule has 1 amide bonds. The van der Waals surface area contributed by atoms with Gasteiger partial charge in [0.25, 0.3) is 5.91 Å². The Morgan fingerprint density at radius 3 is 2.04 bits per heavy atom. The molecule has 6 aromatic rings. The summed E-state index contributed by atoms with van der Waals surface area (Å²) in [5.74, 6) is 0.214. The van der Waals surface area contributed by atoms with Crippen LogP contribution in [0.1, 0.15) is 54.7 Å². The molecule has 268 valence electrons. The number of H-pyrrole nitrogens is 1. The van der Waals surface area contributed by atoms with Crippen LogP contribution in [-0.4, -0.2) is 29.3 Å². The van der Waals surface area contributed by atoms with Gasteiger partial charge in [-0.1, -0.05) is 106 Å². The van der Waals surface area contributed by atoms with Gasteiger partial charge in [0.15, 0.2) is 8.38 Å². The van der Waals surface area contributed by atoms with Crippen LogP contribution >= 0.6 is 8.38 Å². The minimum atomic E-state index is -0.828. The molecule has 0 fully saturated rings. The van der Waals surface area contributed by atoms with Crippen molar-refractivity contribution in [2.75, 3.05) is 18.6 Å². The summed E-state index contributed by atoms with van der Waals surface area (Å²) in [6.45, 7) is 11.7. The molecule has 8 nitrogen and oxygen atoms in total. The van der Waals surface area contributed by atoms with Gasteiger partial charge in [-0.25, -0.2) is 0 Å². The SMILES string of the molecule is CCOc1cccc(-c2cc(C(C)(C)C)c(O)cc2NC(=O)c2c[nH]c3ccccc3c2=O)c1.CP(OCc1ccccc1)OCc1ccccc1. The van der Waals surface area contributed by atoms with Crippen LogP contribution in [0.4, 0.5) is 5.69 Å². The number of aromatic amines is 1. The Bertz CT molecular complexity index is 2100. The average Bonchev–Trinajstić information content (AvgIpc) is 3.14. The molecule has 0 spiro atoms. The van der Waals surface area contributed by atoms with E-state index in [1.54, 1.807) is 18.2 Å². The zero-order valence-electron chi connectivity index (χ0n) is 30.2. The first-order chi connectivity index (χ1) is 25.0. The summed E-state index contributed by atoms with van der Waals surface area (Å²) in [7, 11) is -0.828. The van der Waals surface area contributed by atoms with Gasteiger partial charge in [-0.3, -0.25) is 9.59 Å². The molecule has 52 heavy (non-hydrogen) atoms. The highest BCUT2D eigenvalue weighted by molar-refractivity contribution is 7.46. The van der Waals surface area contributed by atoms with Gasteiger partial charge in [-0.2, -0.15) is 0 Å². The number of ether oxygens (including phenoxy) is 1. The molecule has 9 heteroatoms. The number of rotatable bonds is 11. The van der Waals surface area contributed by atoms with E-state index in [9.17, 15) is 14.7 Å². The van der Waals surface area contributed by atoms with Gasteiger partial charge in [0.05, 0.1) is 25.5 Å². The fourth-order valence-corrected chi connectivity index (χ4v) is 6.23. The summed E-state index contributed by atoms with van der Waals surface area (Å²) in [5.41, 5.74) is 5.00. The van der Waals surface area contributed by atoms with Gasteiger partial charge in [0.2, 0.25) is 5.43 Å². The van der Waals surface area contributed by atoms with Crippen LogP contribution < -0.4 is 15.5 Å². The molecule has 0 aliphatic rings. The molecule has 3 N–H and O–H groups in total. The molecule has 0 aliphatic heterocycles. The maximum atomic E-state index is 13.2. The van der Waals surface area contributed by atoms with Gasteiger partial charge in [0.1, 0.15) is 17.1 Å². The molecule has 1 aromatic heterocycles. The lowest BCUT2D eigenvalue weighted by atomic mass is 9.84. The molecule has 0 radical (unpaired) electrons. The van der Waals surface area contributed by atoms with E-state index in [0.29, 0.717) is 42.2 Å². The second-order valence-electron chi connectivity index (χ2n) is 13.1. The lowest BCUT2D eigenvalue weighted by Gasteiger charge is -2.23. The van der Waals surface area contributed by atoms with Crippen molar-refractivity contribution in [2.45, 2.75) is 46.3 Å². The van der Waals surface area contributed by atoms with Crippen molar-refractivity contribution in [2.24, 2.45) is 0 Å². The Labute approximate surface area is 306 Å². The molecule has 5 aromatic carbocycles. The van der Waals surface area contributed by atoms with Gasteiger partial charge in [0, 0.05) is 35.4 Å². The summed E-state index contributed by atoms with van der Waals surface area (Å²) in [6.07, 6.45) is 1.42. The topological polar surface area (TPSA) is 110 Å². The number of carbonyl (C=O) groups excluding carboxylic acids is 1. The van der Waals surface area contributed by atoms with Crippen LogP contribution in [0.5, 0.6) is 11.5 Å². The summed E-state index contributed by atoms with van der Waals surface area (Å²) in [6, 6.07) is 38.3. The first-order valence-electron chi connectivity index (χ1n) is 17.1. The van der Waals surface area contributed by atoms with Gasteiger partial charge in [-0.05, 0) is 64.9 Å². The number of pyridine rings is 1. The maximum Gasteiger partial charge on any atom is 0.261 e. The van der Waals surface area contributed by atoms with E-state index in [1.165, 1.54) is 23.4 Å². The number of anilines is 1. The Morgan fingerprint density at radius 1 is 0.808 bits per heavy atom. The van der Waals surface area contributed by atoms with Crippen molar-refractivity contribution in [3.8, 4) is 22.6 Å². The van der Waals surface area contributed by atoms with E-state index in [-0.39, 0.29) is 22.2 Å². The Kier molecular flexibility index (Phi) is 13.0. The molecule has 0 bridgehead atoms. The second-order valence-corrected chi connectivity index (χ2v) is 14.5. The summed E-state index contributed by atoms with van der Waals surface area (Å²) in [5, 5.41) is 14.1. The maximum absolute atomic E-state index is 13.2. The fraction of sp³-hybridized carbons (Fsp3) is 0.209. The van der Waals surface area contributed by atoms with Crippen molar-refractivity contribution in [3.05, 3.63) is 160 Å². The normalized spacial score (nSPS) is 11.2. The lowest BCUT2D eigenvalue weighted by Crippen LogP contribution is -2.22. The van der Waals surface area contributed by atoms with Crippen LogP contribution in [0.25, 0.3) is 22.0 Å². The van der Waals surface area contributed by atoms with E-state index in [4.69, 9.17) is 13.8 Å². The molecular formula is C43H45N2O6P. The summed E-state index contributed by atoms with van der Waals surface area (Å²) in [4.78, 5) is 29.1. The first kappa shape index (κ1) is 38.0. The van der Waals surface area contributed by atoms with Crippen molar-refractivity contribution < 1.29 is 23.7 Å². The predicted octanol–water partition coefficient (Wildman–Crippen LogP) is 10.2. The smallest absolute Gasteiger partial charge is 0.261 e. The van der Waals surface area contributed by atoms with Crippen molar-refractivity contribution in [3.63, 3.8) is 0 Å². The Balaban J connectivity index is 0.000000244. The number of carbonyl (C=O) groups is 1. The summed E-state index contributed by atoms with van der Waals surface area (Å²) < 4.78 is 17.0. The van der Waals surface area contributed by atoms with Crippen molar-refractivity contribution in [1.29, 1.82) is 0 Å². The molecule has 0 unspecified atom stereocenters. The van der Waals surface area contributed by atoms with E-state index >= 15 is 0 Å². The highest BCUT2D eigenvalue weighted by Gasteiger charge is 2.23. The molecular weight excluding hydrogens is 671 g/mol. The third-order valence-electron chi connectivity index (χ3n) is 8.19. The number of para-hydroxylation sites is 1. The summed E-state index contributed by atoms with van der Waals surface area (Å²) >= 11 is 0. The van der Waals surface area contributed by atoms with E-state index in [0.717, 1.165) is 16.7 Å². The van der Waals surface area contributed by atoms with Gasteiger partial charge >= 0.3 is 0 Å². The van der Waals surface area contributed by atoms with E-state index in [1.807, 2.05) is 107 Å². The van der Waals surface area contributed by atoms with Crippen LogP contribution in [0.3, 0.4) is 0 Å². The number of nitrogens with one attached hydrogen (secondary N) is 2. The number of hydrogen-bond donors (Lipinski definition) is 3. The number of amides is 1. The first-order valence-corrected chi connectivity index (χ1v) is 18.8. The highest BCUT2D eigenvalue weighted by atomic mass is 31.2. The number of aromatic hydroxyl groups is 1. The van der Waals surface area contributed by atoms with Crippen LogP contribution in [0.15, 0.2) is 132 Å². The third-order valence-corrected chi connectivity index (χ3v) is 9.18. The molecule has 0 aliphatic carbocycles. The minimum Gasteiger partial charge on any atom is -0.508 e. The number of phenols is 1. The number of benzene rings is 5. The zero-order valence-corrected chi connectivity index (χ0v) is 31.1. The Morgan fingerprint density at radius 2 is 1.42 bits per heavy atom. The monoisotopic (exact) mass is 716 g/mol. The van der Waals surface area contributed by atoms with E-state index < -0.39 is 14.3 Å². The van der Waals surface area contributed by atoms with Gasteiger partial charge in [-0.15, -0.1) is 0 Å². The lowest BCUT2D eigenvalue weighted by molar-refractivity contribution is 0.102. The standard InChI is InChI=1S/C28H28N2O4.C15H17O2P/c1-5-34-18-10-8-9-17(13-18)20-14-22(28(2,3)4)25(31)15-24(20)30-27(33)21-16-29-23-12-7-6-11-19(23)26(21)32;1-18(16-12-14-8-4-2-5-9-14)17-13-15-10-6-3-7-11-15/h6-16,31H,5H2,1-4H3,(H,29,32)(H,30,33);2-11H,12-13H2,1H3. The molecule has 1 heterocycles. The van der Waals surface area contributed by atoms with Gasteiger partial charge < -0.3 is 29.2 Å². The predicted molar refractivity (Wildman–Crippen MR) is 211 cm³/mol. The van der Waals surface area contributed by atoms with Crippen molar-refractivity contribution in [1.82, 2.24) is 4.98 Å². The third kappa shape index (κ3) is 10.2. The van der Waals surface area contributed by atoms with Crippen LogP contribution in [-0.2, 0) is 27.7 Å². The molecule has 0 saturated heterocycles. The molecule has 0 atom stereocenters. The largest absolute Gasteiger partial charge is 0.508 e. The number of phenolic OH excluding ortho intramolecular Hbond substituents is 1. The number of hydrogen-bond acceptors (Lipinski definition) is 6. The fourth-order valence-electron chi connectivity index (χ4n) is 5.49. The van der Waals surface area contributed by atoms with Crippen molar-refractivity contribution >= 4 is 30.9 Å². The second kappa shape index (κ2) is 17.8. The molecule has 6 rings (SSSR count). The molecule has 0 saturated carbocycles. The number of aromatic nitrogens is 1. The highest BCUT2D eigenvalue weighted by Crippen LogP contribution is 2.40. The van der Waals surface area contributed by atoms with Crippen LogP contribution in [0.2, 0.25) is 0 Å². The zero-order chi connectivity index (χ0) is 37.1. The quantitative estimate of drug-likeness (QED) is 0.115. The Hall–Kier alpha value is -5.27.